The van der Waals surface area contributed by atoms with Gasteiger partial charge >= 0.3 is 6.09 Å². The zero-order chi connectivity index (χ0) is 19.2. The highest BCUT2D eigenvalue weighted by Crippen LogP contribution is 2.28. The number of hydrogen-bond donors (Lipinski definition) is 0. The molecule has 0 spiro atoms. The van der Waals surface area contributed by atoms with E-state index < -0.39 is 5.60 Å². The fourth-order valence-corrected chi connectivity index (χ4v) is 3.67. The Morgan fingerprint density at radius 2 is 1.96 bits per heavy atom. The predicted octanol–water partition coefficient (Wildman–Crippen LogP) is 3.98. The lowest BCUT2D eigenvalue weighted by atomic mass is 10.1. The van der Waals surface area contributed by atoms with E-state index in [1.807, 2.05) is 33.8 Å². The van der Waals surface area contributed by atoms with Gasteiger partial charge in [0.1, 0.15) is 21.2 Å². The number of amides is 1. The summed E-state index contributed by atoms with van der Waals surface area (Å²) >= 11 is 9.60. The Bertz CT molecular complexity index is 834. The third kappa shape index (κ3) is 3.91. The quantitative estimate of drug-likeness (QED) is 0.623. The molecule has 0 aromatic carbocycles. The number of carbonyl (C=O) groups excluding carboxylic acids is 1. The highest BCUT2D eigenvalue weighted by atomic mass is 79.9. The summed E-state index contributed by atoms with van der Waals surface area (Å²) in [6.07, 6.45) is -0.281. The van der Waals surface area contributed by atoms with Crippen molar-refractivity contribution in [2.24, 2.45) is 0 Å². The molecule has 26 heavy (non-hydrogen) atoms. The maximum absolute atomic E-state index is 12.5. The Morgan fingerprint density at radius 3 is 2.62 bits per heavy atom. The van der Waals surface area contributed by atoms with Gasteiger partial charge in [0.2, 0.25) is 0 Å². The molecule has 3 heterocycles. The Morgan fingerprint density at radius 1 is 1.27 bits per heavy atom. The van der Waals surface area contributed by atoms with E-state index in [1.165, 1.54) is 0 Å². The molecular formula is C17H23BrClN5O2. The molecule has 0 radical (unpaired) electrons. The van der Waals surface area contributed by atoms with Crippen LogP contribution in [0.25, 0.3) is 5.65 Å². The predicted molar refractivity (Wildman–Crippen MR) is 105 cm³/mol. The second kappa shape index (κ2) is 6.88. The maximum atomic E-state index is 12.5. The molecule has 1 aliphatic heterocycles. The minimum atomic E-state index is -0.511. The molecule has 0 saturated carbocycles. The lowest BCUT2D eigenvalue weighted by molar-refractivity contribution is 0.0129. The lowest BCUT2D eigenvalue weighted by Gasteiger charge is -2.45. The van der Waals surface area contributed by atoms with Gasteiger partial charge in [0.05, 0.1) is 0 Å². The summed E-state index contributed by atoms with van der Waals surface area (Å²) in [5.74, 6) is 0.855. The number of anilines is 1. The Balaban J connectivity index is 1.88. The van der Waals surface area contributed by atoms with E-state index in [0.29, 0.717) is 28.5 Å². The van der Waals surface area contributed by atoms with Crippen molar-refractivity contribution in [3.63, 3.8) is 0 Å². The van der Waals surface area contributed by atoms with Gasteiger partial charge in [0, 0.05) is 37.3 Å². The van der Waals surface area contributed by atoms with Crippen LogP contribution in [0.15, 0.2) is 16.7 Å². The number of halogens is 2. The van der Waals surface area contributed by atoms with Gasteiger partial charge in [-0.2, -0.15) is 9.61 Å². The van der Waals surface area contributed by atoms with Gasteiger partial charge in [0.25, 0.3) is 0 Å². The van der Waals surface area contributed by atoms with Gasteiger partial charge < -0.3 is 14.5 Å². The van der Waals surface area contributed by atoms with Crippen LogP contribution in [0.1, 0.15) is 34.6 Å². The Labute approximate surface area is 166 Å². The van der Waals surface area contributed by atoms with Crippen LogP contribution in [0.5, 0.6) is 0 Å². The van der Waals surface area contributed by atoms with Gasteiger partial charge in [-0.3, -0.25) is 0 Å². The lowest BCUT2D eigenvalue weighted by Crippen LogP contribution is -2.59. The molecule has 1 amide bonds. The minimum Gasteiger partial charge on any atom is -0.444 e. The smallest absolute Gasteiger partial charge is 0.410 e. The number of nitrogens with zero attached hydrogens (tertiary/aromatic N) is 5. The molecule has 0 bridgehead atoms. The first-order valence-electron chi connectivity index (χ1n) is 8.53. The zero-order valence-electron chi connectivity index (χ0n) is 15.5. The van der Waals surface area contributed by atoms with Crippen molar-refractivity contribution < 1.29 is 9.53 Å². The molecule has 1 saturated heterocycles. The Hall–Kier alpha value is -1.54. The number of aromatic nitrogens is 3. The summed E-state index contributed by atoms with van der Waals surface area (Å²) in [5.41, 5.74) is 0.164. The summed E-state index contributed by atoms with van der Waals surface area (Å²) in [4.78, 5) is 20.8. The van der Waals surface area contributed by atoms with Crippen LogP contribution >= 0.6 is 27.5 Å². The van der Waals surface area contributed by atoms with E-state index >= 15 is 0 Å². The highest BCUT2D eigenvalue weighted by molar-refractivity contribution is 9.10. The molecular weight excluding hydrogens is 422 g/mol. The molecule has 7 nitrogen and oxygen atoms in total. The number of ether oxygens (including phenoxy) is 1. The number of piperazine rings is 1. The molecule has 1 fully saturated rings. The SMILES string of the molecule is C[C@@H]1CN(c2cc(Cl)nc3cc(Br)nn23)[C@@H](C)CN1C(=O)OC(C)(C)C. The fraction of sp³-hybridized carbons (Fsp3) is 0.588. The van der Waals surface area contributed by atoms with E-state index in [-0.39, 0.29) is 18.2 Å². The Kier molecular flexibility index (Phi) is 5.09. The minimum absolute atomic E-state index is 0.0120. The summed E-state index contributed by atoms with van der Waals surface area (Å²) in [7, 11) is 0. The number of hydrogen-bond acceptors (Lipinski definition) is 5. The normalized spacial score (nSPS) is 21.3. The second-order valence-electron chi connectivity index (χ2n) is 7.66. The van der Waals surface area contributed by atoms with Crippen molar-refractivity contribution in [1.82, 2.24) is 19.5 Å². The molecule has 142 valence electrons. The van der Waals surface area contributed by atoms with Gasteiger partial charge in [-0.05, 0) is 50.5 Å². The molecule has 2 atom stereocenters. The van der Waals surface area contributed by atoms with E-state index in [9.17, 15) is 4.79 Å². The second-order valence-corrected chi connectivity index (χ2v) is 8.86. The highest BCUT2D eigenvalue weighted by Gasteiger charge is 2.35. The molecule has 0 unspecified atom stereocenters. The van der Waals surface area contributed by atoms with Crippen LogP contribution in [0.3, 0.4) is 0 Å². The standard InChI is InChI=1S/C17H23BrClN5O2/c1-10-9-23(16(25)26-17(3,4)5)11(2)8-22(10)15-7-13(19)20-14-6-12(18)21-24(14)15/h6-7,10-11H,8-9H2,1-5H3/t10-,11+/m0/s1. The van der Waals surface area contributed by atoms with Crippen molar-refractivity contribution in [2.75, 3.05) is 18.0 Å². The monoisotopic (exact) mass is 443 g/mol. The van der Waals surface area contributed by atoms with E-state index in [1.54, 1.807) is 15.5 Å². The first-order chi connectivity index (χ1) is 12.0. The van der Waals surface area contributed by atoms with E-state index in [2.05, 4.69) is 37.8 Å². The average Bonchev–Trinajstić information content (AvgIpc) is 2.86. The molecule has 0 aliphatic carbocycles. The summed E-state index contributed by atoms with van der Waals surface area (Å²) in [6, 6.07) is 3.69. The number of rotatable bonds is 1. The van der Waals surface area contributed by atoms with Crippen molar-refractivity contribution in [3.8, 4) is 0 Å². The van der Waals surface area contributed by atoms with Gasteiger partial charge in [-0.25, -0.2) is 9.78 Å². The van der Waals surface area contributed by atoms with Crippen molar-refractivity contribution in [2.45, 2.75) is 52.3 Å². The summed E-state index contributed by atoms with van der Waals surface area (Å²) in [5, 5.41) is 4.87. The van der Waals surface area contributed by atoms with E-state index in [4.69, 9.17) is 16.3 Å². The van der Waals surface area contributed by atoms with Crippen LogP contribution in [0.4, 0.5) is 10.6 Å². The number of carbonyl (C=O) groups is 1. The molecule has 0 N–H and O–H groups in total. The summed E-state index contributed by atoms with van der Waals surface area (Å²) < 4.78 is 8.01. The molecule has 2 aromatic heterocycles. The van der Waals surface area contributed by atoms with Crippen LogP contribution in [0.2, 0.25) is 5.15 Å². The summed E-state index contributed by atoms with van der Waals surface area (Å²) in [6.45, 7) is 10.9. The van der Waals surface area contributed by atoms with Crippen LogP contribution < -0.4 is 4.90 Å². The van der Waals surface area contributed by atoms with Crippen molar-refractivity contribution >= 4 is 45.1 Å². The van der Waals surface area contributed by atoms with Crippen LogP contribution in [0, 0.1) is 0 Å². The third-order valence-corrected chi connectivity index (χ3v) is 4.84. The van der Waals surface area contributed by atoms with Crippen molar-refractivity contribution in [3.05, 3.63) is 21.9 Å². The first-order valence-corrected chi connectivity index (χ1v) is 9.70. The zero-order valence-corrected chi connectivity index (χ0v) is 17.9. The largest absolute Gasteiger partial charge is 0.444 e. The van der Waals surface area contributed by atoms with Crippen LogP contribution in [-0.4, -0.2) is 56.4 Å². The molecule has 1 aliphatic rings. The van der Waals surface area contributed by atoms with Gasteiger partial charge in [-0.1, -0.05) is 11.6 Å². The van der Waals surface area contributed by atoms with Crippen molar-refractivity contribution in [1.29, 1.82) is 0 Å². The van der Waals surface area contributed by atoms with Crippen LogP contribution in [-0.2, 0) is 4.74 Å². The average molecular weight is 445 g/mol. The first kappa shape index (κ1) is 19.2. The molecule has 2 aromatic rings. The third-order valence-electron chi connectivity index (χ3n) is 4.26. The maximum Gasteiger partial charge on any atom is 0.410 e. The fourth-order valence-electron chi connectivity index (χ4n) is 3.13. The number of fused-ring (bicyclic) bond motifs is 1. The van der Waals surface area contributed by atoms with Gasteiger partial charge in [-0.15, -0.1) is 0 Å². The van der Waals surface area contributed by atoms with E-state index in [0.717, 1.165) is 5.82 Å². The molecule has 9 heteroatoms. The molecule has 3 rings (SSSR count). The van der Waals surface area contributed by atoms with Gasteiger partial charge in [0.15, 0.2) is 5.65 Å². The topological polar surface area (TPSA) is 63.0 Å².